The monoisotopic (exact) mass is 316 g/mol. The van der Waals surface area contributed by atoms with E-state index in [1.807, 2.05) is 0 Å². The molecule has 0 aromatic rings. The van der Waals surface area contributed by atoms with Crippen LogP contribution in [-0.2, 0) is 13.3 Å². The zero-order valence-electron chi connectivity index (χ0n) is 11.7. The number of alkyl halides is 2. The van der Waals surface area contributed by atoms with Gasteiger partial charge in [0, 0.05) is 25.9 Å². The van der Waals surface area contributed by atoms with E-state index in [4.69, 9.17) is 36.5 Å². The molecule has 3 nitrogen and oxygen atoms in total. The summed E-state index contributed by atoms with van der Waals surface area (Å²) in [6, 6.07) is 0.685. The molecule has 6 heteroatoms. The Bertz CT molecular complexity index is 172. The van der Waals surface area contributed by atoms with Crippen LogP contribution in [0.15, 0.2) is 0 Å². The largest absolute Gasteiger partial charge is 0.501 e. The van der Waals surface area contributed by atoms with Crippen LogP contribution in [-0.4, -0.2) is 33.5 Å². The normalized spacial score (nSPS) is 12.3. The molecule has 0 aliphatic rings. The van der Waals surface area contributed by atoms with Crippen LogP contribution in [0, 0.1) is 0 Å². The van der Waals surface area contributed by atoms with Gasteiger partial charge in [-0.05, 0) is 25.7 Å². The lowest BCUT2D eigenvalue weighted by atomic mass is 10.5. The van der Waals surface area contributed by atoms with Crippen molar-refractivity contribution >= 4 is 32.0 Å². The van der Waals surface area contributed by atoms with Crippen LogP contribution in [0.1, 0.15) is 46.5 Å². The van der Waals surface area contributed by atoms with E-state index < -0.39 is 13.6 Å². The first-order valence-corrected chi connectivity index (χ1v) is 9.60. The summed E-state index contributed by atoms with van der Waals surface area (Å²) in [4.78, 5) is -0.391. The summed E-state index contributed by atoms with van der Waals surface area (Å²) in [6.45, 7) is 8.21. The van der Waals surface area contributed by atoms with E-state index in [2.05, 4.69) is 20.8 Å². The van der Waals surface area contributed by atoms with Crippen molar-refractivity contribution in [1.82, 2.24) is 0 Å². The van der Waals surface area contributed by atoms with Crippen LogP contribution in [0.4, 0.5) is 0 Å². The van der Waals surface area contributed by atoms with Crippen molar-refractivity contribution in [3.05, 3.63) is 0 Å². The molecule has 0 aliphatic heterocycles. The summed E-state index contributed by atoms with van der Waals surface area (Å²) < 4.78 is 17.7. The molecule has 0 aromatic heterocycles. The Morgan fingerprint density at radius 3 is 1.50 bits per heavy atom. The molecule has 110 valence electrons. The lowest BCUT2D eigenvalue weighted by Gasteiger charge is -2.29. The van der Waals surface area contributed by atoms with Crippen LogP contribution >= 0.6 is 23.2 Å². The van der Waals surface area contributed by atoms with Gasteiger partial charge in [-0.15, -0.1) is 23.2 Å². The SMILES string of the molecule is CCCO[Si](CCC(Cl)Cl)(OCCC)OCCC. The molecule has 0 atom stereocenters. The van der Waals surface area contributed by atoms with Gasteiger partial charge >= 0.3 is 8.80 Å². The third kappa shape index (κ3) is 8.72. The van der Waals surface area contributed by atoms with E-state index in [9.17, 15) is 0 Å². The molecule has 0 saturated carbocycles. The molecule has 0 fully saturated rings. The Morgan fingerprint density at radius 2 is 1.22 bits per heavy atom. The predicted molar refractivity (Wildman–Crippen MR) is 79.4 cm³/mol. The first-order chi connectivity index (χ1) is 8.60. The second kappa shape index (κ2) is 11.5. The highest BCUT2D eigenvalue weighted by Gasteiger charge is 2.40. The maximum Gasteiger partial charge on any atom is 0.501 e. The standard InChI is InChI=1S/C12H26Cl2O3Si/c1-4-8-15-18(16-9-5-2,17-10-6-3)11-7-12(13)14/h12H,4-11H2,1-3H3. The summed E-state index contributed by atoms with van der Waals surface area (Å²) >= 11 is 11.6. The van der Waals surface area contributed by atoms with Crippen LogP contribution in [0.5, 0.6) is 0 Å². The minimum Gasteiger partial charge on any atom is -0.373 e. The zero-order valence-corrected chi connectivity index (χ0v) is 14.2. The van der Waals surface area contributed by atoms with Crippen LogP contribution in [0.3, 0.4) is 0 Å². The van der Waals surface area contributed by atoms with Crippen molar-refractivity contribution in [3.63, 3.8) is 0 Å². The first-order valence-electron chi connectivity index (χ1n) is 6.80. The fourth-order valence-corrected chi connectivity index (χ4v) is 4.85. The smallest absolute Gasteiger partial charge is 0.373 e. The Balaban J connectivity index is 4.51. The van der Waals surface area contributed by atoms with Gasteiger partial charge in [0.15, 0.2) is 0 Å². The second-order valence-corrected chi connectivity index (χ2v) is 8.17. The van der Waals surface area contributed by atoms with E-state index in [0.29, 0.717) is 32.3 Å². The summed E-state index contributed by atoms with van der Waals surface area (Å²) in [7, 11) is -2.59. The third-order valence-electron chi connectivity index (χ3n) is 2.25. The fourth-order valence-electron chi connectivity index (χ4n) is 1.40. The molecular weight excluding hydrogens is 291 g/mol. The van der Waals surface area contributed by atoms with E-state index in [1.54, 1.807) is 0 Å². The van der Waals surface area contributed by atoms with Crippen molar-refractivity contribution < 1.29 is 13.3 Å². The molecule has 0 aliphatic carbocycles. The van der Waals surface area contributed by atoms with E-state index in [0.717, 1.165) is 19.3 Å². The summed E-state index contributed by atoms with van der Waals surface area (Å²) in [5.74, 6) is 0. The summed E-state index contributed by atoms with van der Waals surface area (Å²) in [5, 5.41) is 0. The van der Waals surface area contributed by atoms with Crippen molar-refractivity contribution in [3.8, 4) is 0 Å². The number of halogens is 2. The number of hydrogen-bond acceptors (Lipinski definition) is 3. The Hall–Kier alpha value is 0.677. The summed E-state index contributed by atoms with van der Waals surface area (Å²) in [6.07, 6.45) is 3.49. The molecule has 0 N–H and O–H groups in total. The average Bonchev–Trinajstić information content (AvgIpc) is 2.37. The minimum atomic E-state index is -2.59. The van der Waals surface area contributed by atoms with Crippen molar-refractivity contribution in [2.75, 3.05) is 19.8 Å². The van der Waals surface area contributed by atoms with Crippen LogP contribution in [0.2, 0.25) is 6.04 Å². The topological polar surface area (TPSA) is 27.7 Å². The fraction of sp³-hybridized carbons (Fsp3) is 1.00. The zero-order chi connectivity index (χ0) is 13.9. The molecule has 0 radical (unpaired) electrons. The molecule has 0 heterocycles. The molecule has 0 bridgehead atoms. The van der Waals surface area contributed by atoms with Crippen molar-refractivity contribution in [1.29, 1.82) is 0 Å². The van der Waals surface area contributed by atoms with Crippen molar-refractivity contribution in [2.45, 2.75) is 57.3 Å². The van der Waals surface area contributed by atoms with Gasteiger partial charge in [-0.3, -0.25) is 0 Å². The number of rotatable bonds is 12. The average molecular weight is 317 g/mol. The predicted octanol–water partition coefficient (Wildman–Crippen LogP) is 4.40. The van der Waals surface area contributed by atoms with Crippen LogP contribution < -0.4 is 0 Å². The third-order valence-corrected chi connectivity index (χ3v) is 5.52. The molecule has 0 amide bonds. The molecular formula is C12H26Cl2O3Si. The summed E-state index contributed by atoms with van der Waals surface area (Å²) in [5.41, 5.74) is 0. The second-order valence-electron chi connectivity index (χ2n) is 4.16. The van der Waals surface area contributed by atoms with Gasteiger partial charge in [0.25, 0.3) is 0 Å². The maximum absolute atomic E-state index is 5.91. The van der Waals surface area contributed by atoms with Gasteiger partial charge in [0.1, 0.15) is 4.84 Å². The van der Waals surface area contributed by atoms with Gasteiger partial charge < -0.3 is 13.3 Å². The lowest BCUT2D eigenvalue weighted by molar-refractivity contribution is 0.0590. The molecule has 0 saturated heterocycles. The van der Waals surface area contributed by atoms with E-state index >= 15 is 0 Å². The van der Waals surface area contributed by atoms with Gasteiger partial charge in [-0.1, -0.05) is 20.8 Å². The first kappa shape index (κ1) is 18.7. The molecule has 18 heavy (non-hydrogen) atoms. The Kier molecular flexibility index (Phi) is 11.9. The maximum atomic E-state index is 5.91. The molecule has 0 unspecified atom stereocenters. The van der Waals surface area contributed by atoms with E-state index in [-0.39, 0.29) is 0 Å². The van der Waals surface area contributed by atoms with Crippen LogP contribution in [0.25, 0.3) is 0 Å². The Morgan fingerprint density at radius 1 is 0.833 bits per heavy atom. The molecule has 0 spiro atoms. The highest BCUT2D eigenvalue weighted by atomic mass is 35.5. The lowest BCUT2D eigenvalue weighted by Crippen LogP contribution is -2.46. The highest BCUT2D eigenvalue weighted by molar-refractivity contribution is 6.61. The molecule has 0 aromatic carbocycles. The minimum absolute atomic E-state index is 0.391. The highest BCUT2D eigenvalue weighted by Crippen LogP contribution is 2.23. The number of hydrogen-bond donors (Lipinski definition) is 0. The Labute approximate surface area is 122 Å². The quantitative estimate of drug-likeness (QED) is 0.394. The van der Waals surface area contributed by atoms with Gasteiger partial charge in [-0.25, -0.2) is 0 Å². The van der Waals surface area contributed by atoms with Gasteiger partial charge in [0.05, 0.1) is 0 Å². The molecule has 0 rings (SSSR count). The van der Waals surface area contributed by atoms with Gasteiger partial charge in [-0.2, -0.15) is 0 Å². The van der Waals surface area contributed by atoms with E-state index in [1.165, 1.54) is 0 Å². The van der Waals surface area contributed by atoms with Gasteiger partial charge in [0.2, 0.25) is 0 Å². The van der Waals surface area contributed by atoms with Crippen molar-refractivity contribution in [2.24, 2.45) is 0 Å².